The Morgan fingerprint density at radius 1 is 1.02 bits per heavy atom. The van der Waals surface area contributed by atoms with Crippen LogP contribution >= 0.6 is 11.8 Å². The molecule has 0 aliphatic carbocycles. The van der Waals surface area contributed by atoms with E-state index < -0.39 is 65.4 Å². The number of rotatable bonds is 8. The third-order valence-electron chi connectivity index (χ3n) is 11.6. The van der Waals surface area contributed by atoms with E-state index in [0.717, 1.165) is 11.3 Å². The number of carbonyl (C=O) groups excluding carboxylic acids is 3. The molecule has 3 heterocycles. The summed E-state index contributed by atoms with van der Waals surface area (Å²) in [6.45, 7) is 15.0. The van der Waals surface area contributed by atoms with Crippen LogP contribution in [0.4, 0.5) is 0 Å². The highest BCUT2D eigenvalue weighted by atomic mass is 32.2. The summed E-state index contributed by atoms with van der Waals surface area (Å²) in [7, 11) is 5.32. The summed E-state index contributed by atoms with van der Waals surface area (Å²) in [5.74, 6) is -3.64. The molecule has 1 N–H and O–H groups in total. The van der Waals surface area contributed by atoms with Gasteiger partial charge in [0.25, 0.3) is 0 Å². The number of esters is 1. The molecule has 0 aromatic heterocycles. The van der Waals surface area contributed by atoms with Crippen molar-refractivity contribution in [3.8, 4) is 0 Å². The summed E-state index contributed by atoms with van der Waals surface area (Å²) in [4.78, 5) is 44.6. The minimum Gasteiger partial charge on any atom is -0.459 e. The minimum atomic E-state index is -1.18. The van der Waals surface area contributed by atoms with Gasteiger partial charge in [0.05, 0.1) is 24.4 Å². The number of ketones is 2. The number of fused-ring (bicyclic) bond motifs is 1. The quantitative estimate of drug-likeness (QED) is 0.257. The molecule has 3 saturated heterocycles. The van der Waals surface area contributed by atoms with E-state index in [9.17, 15) is 19.5 Å². The van der Waals surface area contributed by atoms with Gasteiger partial charge in [-0.2, -0.15) is 0 Å². The molecule has 0 saturated carbocycles. The summed E-state index contributed by atoms with van der Waals surface area (Å²) in [5, 5.41) is 13.5. The predicted molar refractivity (Wildman–Crippen MR) is 198 cm³/mol. The van der Waals surface area contributed by atoms with Crippen molar-refractivity contribution in [2.45, 2.75) is 128 Å². The third-order valence-corrected chi connectivity index (χ3v) is 12.6. The molecule has 1 aromatic rings. The molecule has 1 aromatic carbocycles. The number of benzene rings is 1. The van der Waals surface area contributed by atoms with Gasteiger partial charge in [-0.3, -0.25) is 14.4 Å². The van der Waals surface area contributed by atoms with E-state index in [1.165, 1.54) is 12.7 Å². The topological polar surface area (TPSA) is 121 Å². The Labute approximate surface area is 309 Å². The Kier molecular flexibility index (Phi) is 14.2. The fourth-order valence-electron chi connectivity index (χ4n) is 8.56. The average Bonchev–Trinajstić information content (AvgIpc) is 3.44. The van der Waals surface area contributed by atoms with Gasteiger partial charge in [-0.05, 0) is 77.6 Å². The first-order valence-corrected chi connectivity index (χ1v) is 19.5. The van der Waals surface area contributed by atoms with E-state index in [4.69, 9.17) is 23.7 Å². The van der Waals surface area contributed by atoms with Gasteiger partial charge in [-0.25, -0.2) is 0 Å². The van der Waals surface area contributed by atoms with Crippen LogP contribution in [0, 0.1) is 29.6 Å². The van der Waals surface area contributed by atoms with Crippen molar-refractivity contribution in [2.24, 2.45) is 29.6 Å². The molecular weight excluding hydrogens is 671 g/mol. The number of aliphatic hydroxyl groups excluding tert-OH is 1. The molecule has 4 rings (SSSR count). The lowest BCUT2D eigenvalue weighted by atomic mass is 9.69. The van der Waals surface area contributed by atoms with Crippen molar-refractivity contribution in [3.05, 3.63) is 46.9 Å². The number of Topliss-reactive ketones (excluding diaryl/α,β-unsaturated/α-hetero) is 2. The third kappa shape index (κ3) is 8.99. The number of nitrogens with zero attached hydrogens (tertiary/aromatic N) is 1. The Morgan fingerprint density at radius 3 is 2.29 bits per heavy atom. The van der Waals surface area contributed by atoms with Crippen molar-refractivity contribution >= 4 is 29.3 Å². The normalized spacial score (nSPS) is 41.0. The van der Waals surface area contributed by atoms with E-state index in [1.54, 1.807) is 25.6 Å². The minimum absolute atomic E-state index is 0.0125. The van der Waals surface area contributed by atoms with Crippen LogP contribution in [0.3, 0.4) is 0 Å². The maximum Gasteiger partial charge on any atom is 0.316 e. The number of likely N-dealkylation sites (N-methyl/N-ethyl adjacent to an activating group) is 1. The van der Waals surface area contributed by atoms with Gasteiger partial charge in [0.1, 0.15) is 29.5 Å². The van der Waals surface area contributed by atoms with Gasteiger partial charge in [0.15, 0.2) is 12.1 Å². The Bertz CT molecular complexity index is 1390. The zero-order valence-electron chi connectivity index (χ0n) is 32.4. The second kappa shape index (κ2) is 17.3. The van der Waals surface area contributed by atoms with E-state index >= 15 is 0 Å². The molecule has 0 amide bonds. The summed E-state index contributed by atoms with van der Waals surface area (Å²) < 4.78 is 31.7. The highest BCUT2D eigenvalue weighted by Gasteiger charge is 2.56. The van der Waals surface area contributed by atoms with Crippen molar-refractivity contribution in [3.63, 3.8) is 0 Å². The summed E-state index contributed by atoms with van der Waals surface area (Å²) >= 11 is 1.65. The highest BCUT2D eigenvalue weighted by Crippen LogP contribution is 2.48. The van der Waals surface area contributed by atoms with Gasteiger partial charge in [0.2, 0.25) is 0 Å². The lowest BCUT2D eigenvalue weighted by Crippen LogP contribution is -2.59. The van der Waals surface area contributed by atoms with Gasteiger partial charge >= 0.3 is 5.97 Å². The van der Waals surface area contributed by atoms with Gasteiger partial charge < -0.3 is 33.7 Å². The van der Waals surface area contributed by atoms with Gasteiger partial charge in [0, 0.05) is 42.6 Å². The Balaban J connectivity index is 1.75. The van der Waals surface area contributed by atoms with E-state index in [-0.39, 0.29) is 36.1 Å². The maximum absolute atomic E-state index is 14.6. The second-order valence-corrected chi connectivity index (χ2v) is 16.5. The van der Waals surface area contributed by atoms with Crippen LogP contribution in [0.1, 0.15) is 80.2 Å². The first kappa shape index (κ1) is 41.6. The summed E-state index contributed by atoms with van der Waals surface area (Å²) in [5.41, 5.74) is -0.0111. The van der Waals surface area contributed by atoms with Crippen molar-refractivity contribution in [1.82, 2.24) is 4.90 Å². The van der Waals surface area contributed by atoms with Crippen LogP contribution < -0.4 is 0 Å². The smallest absolute Gasteiger partial charge is 0.316 e. The number of hydrogen-bond donors (Lipinski definition) is 1. The number of cyclic esters (lactones) is 1. The predicted octanol–water partition coefficient (Wildman–Crippen LogP) is 5.83. The summed E-state index contributed by atoms with van der Waals surface area (Å²) in [6, 6.07) is 9.94. The van der Waals surface area contributed by atoms with Crippen molar-refractivity contribution < 1.29 is 43.2 Å². The van der Waals surface area contributed by atoms with E-state index in [0.29, 0.717) is 19.4 Å². The number of hydrogen-bond acceptors (Lipinski definition) is 11. The van der Waals surface area contributed by atoms with Gasteiger partial charge in [-0.15, -0.1) is 11.8 Å². The fraction of sp³-hybridized carbons (Fsp3) is 0.725. The molecule has 0 radical (unpaired) electrons. The summed E-state index contributed by atoms with van der Waals surface area (Å²) in [6.07, 6.45) is -2.71. The van der Waals surface area contributed by atoms with Crippen molar-refractivity contribution in [2.75, 3.05) is 27.8 Å². The number of methoxy groups -OCH3 is 1. The SMILES string of the molecule is CCC1OC(=O)[C@H](C)C(=O)[C@H](C)[C@@H](O[C@H]2O[C@@H](C)CC(N(C)C)[C@@H]2O)C(C)(OC)CC(C)C(=O)C(C)C2/C(=C/SCc3ccccc3)CO[C@]12C. The number of ether oxygens (including phenoxy) is 5. The van der Waals surface area contributed by atoms with E-state index in [1.807, 2.05) is 78.7 Å². The Hall–Kier alpha value is -2.12. The molecule has 286 valence electrons. The molecule has 6 unspecified atom stereocenters. The Morgan fingerprint density at radius 2 is 1.69 bits per heavy atom. The molecule has 3 aliphatic rings. The maximum atomic E-state index is 14.6. The van der Waals surface area contributed by atoms with Crippen LogP contribution in [0.5, 0.6) is 0 Å². The molecule has 3 fully saturated rings. The molecule has 11 heteroatoms. The molecule has 13 atom stereocenters. The first-order valence-electron chi connectivity index (χ1n) is 18.5. The van der Waals surface area contributed by atoms with Gasteiger partial charge in [-0.1, -0.05) is 58.0 Å². The van der Waals surface area contributed by atoms with Crippen LogP contribution in [-0.2, 0) is 43.8 Å². The molecule has 3 aliphatic heterocycles. The standard InChI is InChI=1S/C40H61NO9S/c1-12-31-40(8)32(29(20-47-40)22-51-21-28-16-14-13-15-17-28)25(4)33(42)23(2)19-39(7,46-11)36(26(5)34(43)27(6)37(45)49-31)50-38-35(44)30(41(9)10)18-24(3)48-38/h13-17,22-27,30-32,35-36,38,44H,12,18-21H2,1-11H3/b29-22+/t23?,24-,25?,26-,27+,30?,31?,32?,35-,36+,38+,39?,40+/m0/s1. The van der Waals surface area contributed by atoms with Crippen LogP contribution in [-0.4, -0.2) is 103 Å². The number of thioether (sulfide) groups is 1. The number of carbonyl (C=O) groups is 3. The largest absolute Gasteiger partial charge is 0.459 e. The lowest BCUT2D eigenvalue weighted by molar-refractivity contribution is -0.295. The lowest BCUT2D eigenvalue weighted by Gasteiger charge is -2.47. The molecule has 51 heavy (non-hydrogen) atoms. The van der Waals surface area contributed by atoms with Crippen LogP contribution in [0.25, 0.3) is 0 Å². The van der Waals surface area contributed by atoms with Crippen molar-refractivity contribution in [1.29, 1.82) is 0 Å². The number of aliphatic hydroxyl groups is 1. The van der Waals surface area contributed by atoms with Crippen LogP contribution in [0.15, 0.2) is 41.3 Å². The average molecular weight is 732 g/mol. The van der Waals surface area contributed by atoms with Crippen LogP contribution in [0.2, 0.25) is 0 Å². The van der Waals surface area contributed by atoms with E-state index in [2.05, 4.69) is 17.5 Å². The monoisotopic (exact) mass is 731 g/mol. The fourth-order valence-corrected chi connectivity index (χ4v) is 9.46. The molecule has 0 spiro atoms. The molecule has 0 bridgehead atoms. The first-order chi connectivity index (χ1) is 24.0. The zero-order valence-corrected chi connectivity index (χ0v) is 33.2. The zero-order chi connectivity index (χ0) is 37.8. The molecular formula is C40H61NO9S. The second-order valence-electron chi connectivity index (χ2n) is 15.6. The highest BCUT2D eigenvalue weighted by molar-refractivity contribution is 8.01. The molecule has 10 nitrogen and oxygen atoms in total.